The van der Waals surface area contributed by atoms with Gasteiger partial charge in [0.2, 0.25) is 0 Å². The molecule has 2 unspecified atom stereocenters. The molecule has 0 saturated carbocycles. The average Bonchev–Trinajstić information content (AvgIpc) is 2.75. The van der Waals surface area contributed by atoms with Crippen LogP contribution in [-0.2, 0) is 19.1 Å². The molecule has 0 aliphatic carbocycles. The minimum atomic E-state index is -0.612. The van der Waals surface area contributed by atoms with Crippen molar-refractivity contribution >= 4 is 18.5 Å². The third kappa shape index (κ3) is 3.68. The Labute approximate surface area is 140 Å². The first-order chi connectivity index (χ1) is 9.15. The number of rotatable bonds is 5. The van der Waals surface area contributed by atoms with E-state index in [-0.39, 0.29) is 49.3 Å². The summed E-state index contributed by atoms with van der Waals surface area (Å²) in [7, 11) is 0. The number of esters is 1. The van der Waals surface area contributed by atoms with Crippen molar-refractivity contribution in [3.8, 4) is 0 Å². The molecular formula is C15H11O4U-. The second-order valence-electron chi connectivity index (χ2n) is 4.33. The quantitative estimate of drug-likeness (QED) is 0.464. The molecule has 5 heteroatoms. The van der Waals surface area contributed by atoms with Crippen molar-refractivity contribution in [2.24, 2.45) is 0 Å². The van der Waals surface area contributed by atoms with Gasteiger partial charge < -0.3 is 20.9 Å². The molecule has 4 nitrogen and oxygen atoms in total. The van der Waals surface area contributed by atoms with E-state index < -0.39 is 11.8 Å². The van der Waals surface area contributed by atoms with Crippen LogP contribution >= 0.6 is 0 Å². The molecule has 1 aliphatic heterocycles. The molecule has 1 saturated heterocycles. The summed E-state index contributed by atoms with van der Waals surface area (Å²) < 4.78 is 4.81. The Morgan fingerprint density at radius 3 is 2.40 bits per heavy atom. The molecule has 2 atom stereocenters. The maximum atomic E-state index is 11.5. The topological polar surface area (TPSA) is 60.4 Å². The Morgan fingerprint density at radius 2 is 1.95 bits per heavy atom. The molecule has 0 N–H and O–H groups in total. The van der Waals surface area contributed by atoms with E-state index in [1.807, 2.05) is 0 Å². The maximum Gasteiger partial charge on any atom is 2.00 e. The molecular weight excluding hydrogens is 482 g/mol. The van der Waals surface area contributed by atoms with Gasteiger partial charge in [0.15, 0.2) is 0 Å². The van der Waals surface area contributed by atoms with Gasteiger partial charge in [0.25, 0.3) is 0 Å². The Morgan fingerprint density at radius 1 is 1.30 bits per heavy atom. The maximum absolute atomic E-state index is 11.5. The number of hydrogen-bond donors (Lipinski definition) is 0. The SMILES string of the molecule is [CH-]=C1CC(c2ccc(C([C-]=O)C[C-]=O)cc2)C(=O)O1.[U+2]. The number of carbonyl (C=O) groups is 1. The largest absolute Gasteiger partial charge is 2.00 e. The predicted octanol–water partition coefficient (Wildman–Crippen LogP) is 1.73. The fourth-order valence-corrected chi connectivity index (χ4v) is 2.05. The molecule has 2 rings (SSSR count). The van der Waals surface area contributed by atoms with Gasteiger partial charge >= 0.3 is 37.1 Å². The van der Waals surface area contributed by atoms with Crippen LogP contribution in [0, 0.1) is 37.7 Å². The standard InChI is InChI=1S/C15H11O4.U/c1-10-8-14(15(18)19-10)12-4-2-11(3-5-12)13(9-17)6-7-16;/h1-5,13-14H,6,8H2;/q-3;+2. The predicted molar refractivity (Wildman–Crippen MR) is 66.5 cm³/mol. The van der Waals surface area contributed by atoms with E-state index in [2.05, 4.69) is 0 Å². The van der Waals surface area contributed by atoms with Gasteiger partial charge in [-0.05, 0) is 12.0 Å². The monoisotopic (exact) mass is 493 g/mol. The number of benzene rings is 1. The van der Waals surface area contributed by atoms with Crippen LogP contribution in [0.3, 0.4) is 0 Å². The normalized spacial score (nSPS) is 18.9. The van der Waals surface area contributed by atoms with Crippen molar-refractivity contribution in [2.75, 3.05) is 0 Å². The first kappa shape index (κ1) is 16.9. The summed E-state index contributed by atoms with van der Waals surface area (Å²) in [5.74, 6) is -1.16. The van der Waals surface area contributed by atoms with Gasteiger partial charge in [0.1, 0.15) is 0 Å². The van der Waals surface area contributed by atoms with Gasteiger partial charge in [-0.3, -0.25) is 17.4 Å². The number of hydrogen-bond acceptors (Lipinski definition) is 4. The Hall–Kier alpha value is -1.18. The van der Waals surface area contributed by atoms with Crippen molar-refractivity contribution in [3.63, 3.8) is 0 Å². The Balaban J connectivity index is 0.00000200. The summed E-state index contributed by atoms with van der Waals surface area (Å²) in [5.41, 5.74) is 1.44. The molecule has 20 heavy (non-hydrogen) atoms. The van der Waals surface area contributed by atoms with E-state index in [9.17, 15) is 14.4 Å². The van der Waals surface area contributed by atoms with Crippen LogP contribution in [0.1, 0.15) is 35.8 Å². The molecule has 0 bridgehead atoms. The molecule has 1 aromatic rings. The molecule has 0 radical (unpaired) electrons. The second kappa shape index (κ2) is 7.56. The van der Waals surface area contributed by atoms with E-state index in [1.54, 1.807) is 36.8 Å². The van der Waals surface area contributed by atoms with Gasteiger partial charge in [-0.2, -0.15) is 6.42 Å². The molecule has 0 amide bonds. The van der Waals surface area contributed by atoms with Crippen LogP contribution < -0.4 is 0 Å². The Kier molecular flexibility index (Phi) is 6.38. The van der Waals surface area contributed by atoms with Gasteiger partial charge in [0, 0.05) is 0 Å². The summed E-state index contributed by atoms with van der Waals surface area (Å²) >= 11 is 0. The van der Waals surface area contributed by atoms with Crippen molar-refractivity contribution in [3.05, 3.63) is 47.7 Å². The van der Waals surface area contributed by atoms with Crippen molar-refractivity contribution < 1.29 is 50.2 Å². The number of allylic oxidation sites excluding steroid dienone is 1. The smallest absolute Gasteiger partial charge is 0.542 e. The fourth-order valence-electron chi connectivity index (χ4n) is 2.05. The van der Waals surface area contributed by atoms with Gasteiger partial charge in [-0.15, -0.1) is 5.92 Å². The van der Waals surface area contributed by atoms with Crippen LogP contribution in [-0.4, -0.2) is 18.5 Å². The van der Waals surface area contributed by atoms with Gasteiger partial charge in [-0.1, -0.05) is 35.6 Å². The van der Waals surface area contributed by atoms with Crippen LogP contribution in [0.4, 0.5) is 0 Å². The van der Waals surface area contributed by atoms with Crippen molar-refractivity contribution in [1.29, 1.82) is 0 Å². The molecule has 1 aromatic carbocycles. The molecule has 0 spiro atoms. The average molecular weight is 493 g/mol. The third-order valence-electron chi connectivity index (χ3n) is 3.09. The third-order valence-corrected chi connectivity index (χ3v) is 3.09. The van der Waals surface area contributed by atoms with Crippen LogP contribution in [0.2, 0.25) is 0 Å². The molecule has 1 heterocycles. The van der Waals surface area contributed by atoms with E-state index in [1.165, 1.54) is 0 Å². The van der Waals surface area contributed by atoms with Gasteiger partial charge in [0.05, 0.1) is 5.92 Å². The van der Waals surface area contributed by atoms with Crippen molar-refractivity contribution in [2.45, 2.75) is 24.7 Å². The van der Waals surface area contributed by atoms with E-state index in [4.69, 9.17) is 11.3 Å². The zero-order valence-corrected chi connectivity index (χ0v) is 14.8. The summed E-state index contributed by atoms with van der Waals surface area (Å²) in [6, 6.07) is 6.86. The summed E-state index contributed by atoms with van der Waals surface area (Å²) in [6.45, 7) is 5.47. The second-order valence-corrected chi connectivity index (χ2v) is 4.33. The van der Waals surface area contributed by atoms with Crippen LogP contribution in [0.25, 0.3) is 0 Å². The Bertz CT molecular complexity index is 521. The number of ether oxygens (including phenoxy) is 1. The molecule has 0 aromatic heterocycles. The van der Waals surface area contributed by atoms with E-state index >= 15 is 0 Å². The summed E-state index contributed by atoms with van der Waals surface area (Å²) in [4.78, 5) is 32.6. The van der Waals surface area contributed by atoms with Crippen molar-refractivity contribution in [1.82, 2.24) is 0 Å². The van der Waals surface area contributed by atoms with E-state index in [0.29, 0.717) is 12.0 Å². The van der Waals surface area contributed by atoms with E-state index in [0.717, 1.165) is 5.56 Å². The van der Waals surface area contributed by atoms with Crippen LogP contribution in [0.5, 0.6) is 0 Å². The first-order valence-corrected chi connectivity index (χ1v) is 5.81. The molecule has 1 aliphatic rings. The zero-order chi connectivity index (χ0) is 13.8. The number of carbonyl (C=O) groups excluding carboxylic acids is 3. The first-order valence-electron chi connectivity index (χ1n) is 5.81. The van der Waals surface area contributed by atoms with Gasteiger partial charge in [-0.25, -0.2) is 0 Å². The number of cyclic esters (lactones) is 1. The summed E-state index contributed by atoms with van der Waals surface area (Å²) in [6.07, 6.45) is 3.83. The zero-order valence-electron chi connectivity index (χ0n) is 10.6. The minimum Gasteiger partial charge on any atom is -0.542 e. The fraction of sp³-hybridized carbons (Fsp3) is 0.267. The minimum absolute atomic E-state index is 0. The molecule has 100 valence electrons. The summed E-state index contributed by atoms with van der Waals surface area (Å²) in [5, 5.41) is 0. The molecule has 1 fully saturated rings. The van der Waals surface area contributed by atoms with Crippen LogP contribution in [0.15, 0.2) is 30.0 Å².